The molecule has 5 nitrogen and oxygen atoms in total. The highest BCUT2D eigenvalue weighted by atomic mass is 16.2. The number of aromatic nitrogens is 1. The molecule has 1 aliphatic heterocycles. The molecule has 3 rings (SSSR count). The third kappa shape index (κ3) is 4.48. The van der Waals surface area contributed by atoms with Gasteiger partial charge in [0.25, 0.3) is 0 Å². The fourth-order valence-corrected chi connectivity index (χ4v) is 3.11. The average molecular weight is 351 g/mol. The molecular formula is C21H25N3O2. The lowest BCUT2D eigenvalue weighted by Crippen LogP contribution is -2.18. The van der Waals surface area contributed by atoms with Gasteiger partial charge in [-0.3, -0.25) is 9.59 Å². The summed E-state index contributed by atoms with van der Waals surface area (Å²) < 4.78 is 0. The van der Waals surface area contributed by atoms with Crippen molar-refractivity contribution in [3.63, 3.8) is 0 Å². The minimum Gasteiger partial charge on any atom is -0.370 e. The number of Topliss-reactive ketones (excluding diaryl/α,β-unsaturated/α-hetero) is 1. The number of hydrogen-bond acceptors (Lipinski definition) is 4. The van der Waals surface area contributed by atoms with E-state index in [4.69, 9.17) is 0 Å². The van der Waals surface area contributed by atoms with Crippen molar-refractivity contribution in [2.75, 3.05) is 23.3 Å². The molecule has 2 heterocycles. The van der Waals surface area contributed by atoms with Crippen LogP contribution in [0, 0.1) is 13.8 Å². The van der Waals surface area contributed by atoms with E-state index in [1.165, 1.54) is 12.8 Å². The van der Waals surface area contributed by atoms with Gasteiger partial charge in [0.1, 0.15) is 5.82 Å². The first kappa shape index (κ1) is 18.1. The summed E-state index contributed by atoms with van der Waals surface area (Å²) in [6.07, 6.45) is 4.57. The number of amides is 1. The molecule has 1 aliphatic rings. The highest BCUT2D eigenvalue weighted by molar-refractivity contribution is 6.00. The fraction of sp³-hybridized carbons (Fsp3) is 0.381. The van der Waals surface area contributed by atoms with Gasteiger partial charge in [0.2, 0.25) is 5.91 Å². The minimum atomic E-state index is -0.191. The molecular weight excluding hydrogens is 326 g/mol. The van der Waals surface area contributed by atoms with Gasteiger partial charge in [0.05, 0.1) is 11.9 Å². The number of hydrogen-bond donors (Lipinski definition) is 1. The highest BCUT2D eigenvalue weighted by Crippen LogP contribution is 2.20. The Balaban J connectivity index is 1.50. The van der Waals surface area contributed by atoms with Crippen LogP contribution in [0.2, 0.25) is 0 Å². The van der Waals surface area contributed by atoms with E-state index in [0.29, 0.717) is 11.4 Å². The number of benzene rings is 1. The van der Waals surface area contributed by atoms with Crippen molar-refractivity contribution in [2.45, 2.75) is 39.5 Å². The largest absolute Gasteiger partial charge is 0.370 e. The molecule has 0 bridgehead atoms. The van der Waals surface area contributed by atoms with Gasteiger partial charge in [-0.1, -0.05) is 12.1 Å². The lowest BCUT2D eigenvalue weighted by molar-refractivity contribution is -0.116. The van der Waals surface area contributed by atoms with E-state index >= 15 is 0 Å². The zero-order chi connectivity index (χ0) is 18.5. The summed E-state index contributed by atoms with van der Waals surface area (Å²) in [6, 6.07) is 9.44. The first-order chi connectivity index (χ1) is 12.5. The van der Waals surface area contributed by atoms with Gasteiger partial charge in [0, 0.05) is 31.5 Å². The lowest BCUT2D eigenvalue weighted by Gasteiger charge is -2.17. The quantitative estimate of drug-likeness (QED) is 0.802. The number of ketones is 1. The Labute approximate surface area is 154 Å². The Morgan fingerprint density at radius 3 is 2.46 bits per heavy atom. The van der Waals surface area contributed by atoms with Crippen molar-refractivity contribution in [3.8, 4) is 0 Å². The average Bonchev–Trinajstić information content (AvgIpc) is 3.17. The normalized spacial score (nSPS) is 13.7. The monoisotopic (exact) mass is 351 g/mol. The number of nitrogens with one attached hydrogen (secondary N) is 1. The number of pyridine rings is 1. The minimum absolute atomic E-state index is 0.0133. The van der Waals surface area contributed by atoms with E-state index in [-0.39, 0.29) is 24.5 Å². The SMILES string of the molecule is Cc1ccc(C(=O)CCC(=O)Nc2ccc(N3CCCC3)cn2)cc1C. The highest BCUT2D eigenvalue weighted by Gasteiger charge is 2.13. The van der Waals surface area contributed by atoms with Crippen molar-refractivity contribution in [3.05, 3.63) is 53.2 Å². The second kappa shape index (κ2) is 8.13. The van der Waals surface area contributed by atoms with Crippen LogP contribution < -0.4 is 10.2 Å². The van der Waals surface area contributed by atoms with E-state index in [1.807, 2.05) is 44.2 Å². The molecule has 2 aromatic rings. The van der Waals surface area contributed by atoms with Crippen LogP contribution in [0.15, 0.2) is 36.5 Å². The number of rotatable bonds is 6. The van der Waals surface area contributed by atoms with Crippen LogP contribution in [0.25, 0.3) is 0 Å². The Bertz CT molecular complexity index is 793. The Hall–Kier alpha value is -2.69. The number of nitrogens with zero attached hydrogens (tertiary/aromatic N) is 2. The van der Waals surface area contributed by atoms with Crippen LogP contribution in [0.3, 0.4) is 0 Å². The summed E-state index contributed by atoms with van der Waals surface area (Å²) in [7, 11) is 0. The van der Waals surface area contributed by atoms with E-state index in [1.54, 1.807) is 6.20 Å². The first-order valence-electron chi connectivity index (χ1n) is 9.14. The first-order valence-corrected chi connectivity index (χ1v) is 9.14. The van der Waals surface area contributed by atoms with Gasteiger partial charge >= 0.3 is 0 Å². The molecule has 0 unspecified atom stereocenters. The maximum atomic E-state index is 12.3. The molecule has 5 heteroatoms. The standard InChI is InChI=1S/C21H25N3O2/c1-15-5-6-17(13-16(15)2)19(25)8-10-21(26)23-20-9-7-18(14-22-20)24-11-3-4-12-24/h5-7,9,13-14H,3-4,8,10-12H2,1-2H3,(H,22,23,26). The fourth-order valence-electron chi connectivity index (χ4n) is 3.11. The summed E-state index contributed by atoms with van der Waals surface area (Å²) in [5.74, 6) is 0.320. The second-order valence-corrected chi connectivity index (χ2v) is 6.87. The topological polar surface area (TPSA) is 62.3 Å². The van der Waals surface area contributed by atoms with Crippen LogP contribution in [0.1, 0.15) is 47.2 Å². The third-order valence-corrected chi connectivity index (χ3v) is 4.89. The van der Waals surface area contributed by atoms with Gasteiger partial charge in [-0.25, -0.2) is 4.98 Å². The maximum absolute atomic E-state index is 12.3. The van der Waals surface area contributed by atoms with E-state index in [0.717, 1.165) is 29.9 Å². The van der Waals surface area contributed by atoms with Gasteiger partial charge in [0.15, 0.2) is 5.78 Å². The summed E-state index contributed by atoms with van der Waals surface area (Å²) in [4.78, 5) is 31.0. The van der Waals surface area contributed by atoms with E-state index < -0.39 is 0 Å². The summed E-state index contributed by atoms with van der Waals surface area (Å²) in [6.45, 7) is 6.12. The van der Waals surface area contributed by atoms with Crippen molar-refractivity contribution < 1.29 is 9.59 Å². The molecule has 1 aromatic heterocycles. The van der Waals surface area contributed by atoms with Crippen molar-refractivity contribution in [1.29, 1.82) is 0 Å². The molecule has 1 aromatic carbocycles. The molecule has 0 radical (unpaired) electrons. The van der Waals surface area contributed by atoms with Gasteiger partial charge in [-0.15, -0.1) is 0 Å². The predicted octanol–water partition coefficient (Wildman–Crippen LogP) is 3.90. The predicted molar refractivity (Wildman–Crippen MR) is 104 cm³/mol. The zero-order valence-corrected chi connectivity index (χ0v) is 15.4. The van der Waals surface area contributed by atoms with E-state index in [9.17, 15) is 9.59 Å². The zero-order valence-electron chi connectivity index (χ0n) is 15.4. The van der Waals surface area contributed by atoms with Gasteiger partial charge in [-0.05, 0) is 56.0 Å². The van der Waals surface area contributed by atoms with Gasteiger partial charge in [-0.2, -0.15) is 0 Å². The molecule has 0 aliphatic carbocycles. The Morgan fingerprint density at radius 2 is 1.81 bits per heavy atom. The lowest BCUT2D eigenvalue weighted by atomic mass is 10.0. The molecule has 1 fully saturated rings. The van der Waals surface area contributed by atoms with Crippen LogP contribution in [-0.2, 0) is 4.79 Å². The summed E-state index contributed by atoms with van der Waals surface area (Å²) in [5, 5.41) is 2.77. The molecule has 26 heavy (non-hydrogen) atoms. The number of carbonyl (C=O) groups is 2. The molecule has 1 saturated heterocycles. The molecule has 0 atom stereocenters. The molecule has 1 N–H and O–H groups in total. The number of carbonyl (C=O) groups excluding carboxylic acids is 2. The second-order valence-electron chi connectivity index (χ2n) is 6.87. The Morgan fingerprint density at radius 1 is 1.04 bits per heavy atom. The van der Waals surface area contributed by atoms with Crippen molar-refractivity contribution >= 4 is 23.2 Å². The van der Waals surface area contributed by atoms with Crippen LogP contribution >= 0.6 is 0 Å². The maximum Gasteiger partial charge on any atom is 0.225 e. The van der Waals surface area contributed by atoms with Gasteiger partial charge < -0.3 is 10.2 Å². The van der Waals surface area contributed by atoms with Crippen LogP contribution in [0.4, 0.5) is 11.5 Å². The van der Waals surface area contributed by atoms with Crippen molar-refractivity contribution in [2.24, 2.45) is 0 Å². The van der Waals surface area contributed by atoms with Crippen molar-refractivity contribution in [1.82, 2.24) is 4.98 Å². The molecule has 0 spiro atoms. The molecule has 1 amide bonds. The smallest absolute Gasteiger partial charge is 0.225 e. The third-order valence-electron chi connectivity index (χ3n) is 4.89. The summed E-state index contributed by atoms with van der Waals surface area (Å²) >= 11 is 0. The molecule has 136 valence electrons. The summed E-state index contributed by atoms with van der Waals surface area (Å²) in [5.41, 5.74) is 3.99. The number of aryl methyl sites for hydroxylation is 2. The molecule has 0 saturated carbocycles. The Kier molecular flexibility index (Phi) is 5.66. The van der Waals surface area contributed by atoms with Crippen LogP contribution in [0.5, 0.6) is 0 Å². The van der Waals surface area contributed by atoms with E-state index in [2.05, 4.69) is 15.2 Å². The number of anilines is 2. The van der Waals surface area contributed by atoms with Crippen LogP contribution in [-0.4, -0.2) is 29.8 Å².